The summed E-state index contributed by atoms with van der Waals surface area (Å²) in [5.41, 5.74) is 0.287. The molecule has 0 radical (unpaired) electrons. The highest BCUT2D eigenvalue weighted by atomic mass is 19.4. The van der Waals surface area contributed by atoms with Gasteiger partial charge in [-0.1, -0.05) is 6.07 Å². The zero-order valence-electron chi connectivity index (χ0n) is 8.77. The molecule has 0 saturated heterocycles. The molecule has 0 aromatic heterocycles. The maximum absolute atomic E-state index is 12.7. The summed E-state index contributed by atoms with van der Waals surface area (Å²) in [6.45, 7) is 0.546. The van der Waals surface area contributed by atoms with Gasteiger partial charge in [-0.3, -0.25) is 0 Å². The number of alkyl halides is 3. The molecular formula is C11H12F3NO. The van der Waals surface area contributed by atoms with Crippen molar-refractivity contribution in [3.05, 3.63) is 29.3 Å². The van der Waals surface area contributed by atoms with Crippen molar-refractivity contribution in [2.45, 2.75) is 18.7 Å². The number of methoxy groups -OCH3 is 1. The summed E-state index contributed by atoms with van der Waals surface area (Å²) >= 11 is 0. The standard InChI is InChI=1S/C11H12F3NO/c1-16-7-5-8-9(11(12,13)14)3-2-4-10(8)15-6-7/h2-4,7,15H,5-6H2,1H3. The Morgan fingerprint density at radius 3 is 2.75 bits per heavy atom. The number of ether oxygens (including phenoxy) is 1. The lowest BCUT2D eigenvalue weighted by Gasteiger charge is -2.27. The highest BCUT2D eigenvalue weighted by molar-refractivity contribution is 5.57. The normalized spacial score (nSPS) is 20.1. The number of fused-ring (bicyclic) bond motifs is 1. The molecule has 0 saturated carbocycles. The van der Waals surface area contributed by atoms with Crippen LogP contribution < -0.4 is 5.32 Å². The van der Waals surface area contributed by atoms with Crippen molar-refractivity contribution in [1.29, 1.82) is 0 Å². The summed E-state index contributed by atoms with van der Waals surface area (Å²) in [7, 11) is 1.51. The predicted octanol–water partition coefficient (Wildman–Crippen LogP) is 2.69. The van der Waals surface area contributed by atoms with Crippen molar-refractivity contribution in [2.75, 3.05) is 19.0 Å². The summed E-state index contributed by atoms with van der Waals surface area (Å²) in [6, 6.07) is 4.19. The van der Waals surface area contributed by atoms with Crippen LogP contribution in [0.4, 0.5) is 18.9 Å². The number of hydrogen-bond acceptors (Lipinski definition) is 2. The minimum Gasteiger partial charge on any atom is -0.382 e. The lowest BCUT2D eigenvalue weighted by Crippen LogP contribution is -2.31. The number of nitrogens with one attached hydrogen (secondary N) is 1. The van der Waals surface area contributed by atoms with Crippen LogP contribution in [0.2, 0.25) is 0 Å². The molecule has 5 heteroatoms. The van der Waals surface area contributed by atoms with Gasteiger partial charge in [0.2, 0.25) is 0 Å². The average Bonchev–Trinajstić information content (AvgIpc) is 2.26. The van der Waals surface area contributed by atoms with Gasteiger partial charge in [0, 0.05) is 25.8 Å². The second-order valence-corrected chi connectivity index (χ2v) is 3.77. The van der Waals surface area contributed by atoms with E-state index < -0.39 is 11.7 Å². The van der Waals surface area contributed by atoms with Crippen molar-refractivity contribution in [2.24, 2.45) is 0 Å². The van der Waals surface area contributed by atoms with E-state index in [4.69, 9.17) is 4.74 Å². The molecule has 0 fully saturated rings. The highest BCUT2D eigenvalue weighted by Gasteiger charge is 2.35. The monoisotopic (exact) mass is 231 g/mol. The molecule has 16 heavy (non-hydrogen) atoms. The molecule has 0 spiro atoms. The molecule has 0 aliphatic carbocycles. The number of rotatable bonds is 1. The second kappa shape index (κ2) is 3.97. The lowest BCUT2D eigenvalue weighted by molar-refractivity contribution is -0.138. The topological polar surface area (TPSA) is 21.3 Å². The van der Waals surface area contributed by atoms with Gasteiger partial charge in [0.05, 0.1) is 11.7 Å². The Morgan fingerprint density at radius 2 is 2.12 bits per heavy atom. The third-order valence-corrected chi connectivity index (χ3v) is 2.77. The number of hydrogen-bond donors (Lipinski definition) is 1. The number of halogens is 3. The van der Waals surface area contributed by atoms with E-state index in [9.17, 15) is 13.2 Å². The van der Waals surface area contributed by atoms with Crippen LogP contribution in [0.5, 0.6) is 0 Å². The molecule has 1 unspecified atom stereocenters. The average molecular weight is 231 g/mol. The van der Waals surface area contributed by atoms with Crippen LogP contribution in [0, 0.1) is 0 Å². The zero-order valence-corrected chi connectivity index (χ0v) is 8.77. The molecule has 1 N–H and O–H groups in total. The fourth-order valence-electron chi connectivity index (χ4n) is 1.93. The van der Waals surface area contributed by atoms with Crippen LogP contribution in [0.1, 0.15) is 11.1 Å². The molecule has 1 aromatic rings. The van der Waals surface area contributed by atoms with Crippen molar-refractivity contribution in [3.8, 4) is 0 Å². The van der Waals surface area contributed by atoms with Crippen LogP contribution in [0.15, 0.2) is 18.2 Å². The Morgan fingerprint density at radius 1 is 1.38 bits per heavy atom. The van der Waals surface area contributed by atoms with Crippen LogP contribution in [-0.4, -0.2) is 19.8 Å². The smallest absolute Gasteiger partial charge is 0.382 e. The lowest BCUT2D eigenvalue weighted by atomic mass is 9.96. The van der Waals surface area contributed by atoms with Crippen LogP contribution >= 0.6 is 0 Å². The molecule has 1 aromatic carbocycles. The molecule has 0 bridgehead atoms. The Kier molecular flexibility index (Phi) is 2.80. The van der Waals surface area contributed by atoms with Crippen molar-refractivity contribution in [3.63, 3.8) is 0 Å². The van der Waals surface area contributed by atoms with Gasteiger partial charge in [-0.25, -0.2) is 0 Å². The molecule has 0 amide bonds. The van der Waals surface area contributed by atoms with Gasteiger partial charge < -0.3 is 10.1 Å². The summed E-state index contributed by atoms with van der Waals surface area (Å²) in [5, 5.41) is 2.95. The first-order valence-electron chi connectivity index (χ1n) is 4.98. The SMILES string of the molecule is COC1CNc2cccc(C(F)(F)F)c2C1. The maximum atomic E-state index is 12.7. The molecule has 1 aliphatic rings. The Balaban J connectivity index is 2.42. The van der Waals surface area contributed by atoms with Crippen LogP contribution in [0.25, 0.3) is 0 Å². The minimum absolute atomic E-state index is 0.198. The third kappa shape index (κ3) is 2.00. The van der Waals surface area contributed by atoms with E-state index in [2.05, 4.69) is 5.32 Å². The second-order valence-electron chi connectivity index (χ2n) is 3.77. The Hall–Kier alpha value is -1.23. The van der Waals surface area contributed by atoms with Crippen molar-refractivity contribution < 1.29 is 17.9 Å². The van der Waals surface area contributed by atoms with E-state index in [0.29, 0.717) is 24.2 Å². The summed E-state index contributed by atoms with van der Waals surface area (Å²) in [4.78, 5) is 0. The van der Waals surface area contributed by atoms with Crippen LogP contribution in [0.3, 0.4) is 0 Å². The number of anilines is 1. The Labute approximate surface area is 91.4 Å². The van der Waals surface area contributed by atoms with Gasteiger partial charge >= 0.3 is 6.18 Å². The summed E-state index contributed by atoms with van der Waals surface area (Å²) in [6.07, 6.45) is -4.20. The molecule has 1 atom stereocenters. The maximum Gasteiger partial charge on any atom is 0.416 e. The van der Waals surface area contributed by atoms with E-state index in [0.717, 1.165) is 6.07 Å². The van der Waals surface area contributed by atoms with E-state index in [1.807, 2.05) is 0 Å². The van der Waals surface area contributed by atoms with E-state index >= 15 is 0 Å². The fraction of sp³-hybridized carbons (Fsp3) is 0.455. The summed E-state index contributed by atoms with van der Waals surface area (Å²) < 4.78 is 43.3. The molecule has 88 valence electrons. The molecular weight excluding hydrogens is 219 g/mol. The molecule has 2 nitrogen and oxygen atoms in total. The van der Waals surface area contributed by atoms with Crippen LogP contribution in [-0.2, 0) is 17.3 Å². The van der Waals surface area contributed by atoms with E-state index in [-0.39, 0.29) is 6.10 Å². The highest BCUT2D eigenvalue weighted by Crippen LogP contribution is 2.37. The predicted molar refractivity (Wildman–Crippen MR) is 54.4 cm³/mol. The van der Waals surface area contributed by atoms with E-state index in [1.54, 1.807) is 6.07 Å². The Bertz CT molecular complexity index is 389. The first-order chi connectivity index (χ1) is 7.52. The van der Waals surface area contributed by atoms with Gasteiger partial charge in [-0.05, 0) is 17.7 Å². The molecule has 1 heterocycles. The molecule has 2 rings (SSSR count). The van der Waals surface area contributed by atoms with Gasteiger partial charge in [0.1, 0.15) is 0 Å². The quantitative estimate of drug-likeness (QED) is 0.802. The van der Waals surface area contributed by atoms with Gasteiger partial charge in [-0.15, -0.1) is 0 Å². The third-order valence-electron chi connectivity index (χ3n) is 2.77. The van der Waals surface area contributed by atoms with Gasteiger partial charge in [0.15, 0.2) is 0 Å². The van der Waals surface area contributed by atoms with Crippen molar-refractivity contribution >= 4 is 5.69 Å². The van der Waals surface area contributed by atoms with Crippen molar-refractivity contribution in [1.82, 2.24) is 0 Å². The first kappa shape index (κ1) is 11.3. The van der Waals surface area contributed by atoms with Gasteiger partial charge in [-0.2, -0.15) is 13.2 Å². The fourth-order valence-corrected chi connectivity index (χ4v) is 1.93. The number of benzene rings is 1. The minimum atomic E-state index is -4.30. The summed E-state index contributed by atoms with van der Waals surface area (Å²) in [5.74, 6) is 0. The van der Waals surface area contributed by atoms with E-state index in [1.165, 1.54) is 13.2 Å². The van der Waals surface area contributed by atoms with Gasteiger partial charge in [0.25, 0.3) is 0 Å². The zero-order chi connectivity index (χ0) is 11.8. The first-order valence-corrected chi connectivity index (χ1v) is 4.98. The largest absolute Gasteiger partial charge is 0.416 e. The molecule has 1 aliphatic heterocycles.